The van der Waals surface area contributed by atoms with Gasteiger partial charge in [-0.05, 0) is 17.2 Å². The first kappa shape index (κ1) is 12.5. The summed E-state index contributed by atoms with van der Waals surface area (Å²) >= 11 is 0. The maximum Gasteiger partial charge on any atom is 0.340 e. The molecule has 96 valence electrons. The molecule has 0 fully saturated rings. The lowest BCUT2D eigenvalue weighted by atomic mass is 9.99. The fourth-order valence-electron chi connectivity index (χ4n) is 1.99. The Labute approximate surface area is 104 Å². The highest BCUT2D eigenvalue weighted by molar-refractivity contribution is 5.99. The largest absolute Gasteiger partial charge is 0.467 e. The first-order chi connectivity index (χ1) is 8.42. The Kier molecular flexibility index (Phi) is 3.06. The normalized spacial score (nSPS) is 14.1. The lowest BCUT2D eigenvalue weighted by Gasteiger charge is -2.21. The van der Waals surface area contributed by atoms with E-state index in [2.05, 4.69) is 10.1 Å². The van der Waals surface area contributed by atoms with Crippen molar-refractivity contribution in [2.24, 2.45) is 11.5 Å². The van der Waals surface area contributed by atoms with E-state index in [1.807, 2.05) is 6.07 Å². The van der Waals surface area contributed by atoms with Gasteiger partial charge in [-0.2, -0.15) is 0 Å². The first-order valence-corrected chi connectivity index (χ1v) is 5.50. The zero-order valence-corrected chi connectivity index (χ0v) is 10.0. The van der Waals surface area contributed by atoms with E-state index >= 15 is 0 Å². The number of ether oxygens (including phenoxy) is 1. The van der Waals surface area contributed by atoms with Gasteiger partial charge in [0.05, 0.1) is 13.5 Å². The van der Waals surface area contributed by atoms with Crippen LogP contribution in [0.1, 0.15) is 11.1 Å². The van der Waals surface area contributed by atoms with Crippen LogP contribution in [0, 0.1) is 0 Å². The van der Waals surface area contributed by atoms with Gasteiger partial charge >= 0.3 is 5.97 Å². The van der Waals surface area contributed by atoms with Gasteiger partial charge < -0.3 is 21.5 Å². The predicted molar refractivity (Wildman–Crippen MR) is 65.6 cm³/mol. The summed E-state index contributed by atoms with van der Waals surface area (Å²) in [6.45, 7) is 0. The fourth-order valence-corrected chi connectivity index (χ4v) is 1.99. The lowest BCUT2D eigenvalue weighted by molar-refractivity contribution is -0.146. The number of carbonyl (C=O) groups is 2. The molecular weight excluding hydrogens is 234 g/mol. The first-order valence-electron chi connectivity index (χ1n) is 5.50. The number of esters is 1. The van der Waals surface area contributed by atoms with Gasteiger partial charge in [-0.3, -0.25) is 4.79 Å². The maximum atomic E-state index is 11.4. The third-order valence-electron chi connectivity index (χ3n) is 2.86. The average molecular weight is 249 g/mol. The second kappa shape index (κ2) is 4.40. The monoisotopic (exact) mass is 249 g/mol. The number of fused-ring (bicyclic) bond motifs is 1. The SMILES string of the molecule is COC(=O)C(N)(N)Cc1ccc2c(c1)CC(=O)N2. The van der Waals surface area contributed by atoms with E-state index in [9.17, 15) is 9.59 Å². The highest BCUT2D eigenvalue weighted by Gasteiger charge is 2.31. The summed E-state index contributed by atoms with van der Waals surface area (Å²) in [5.74, 6) is -0.709. The molecule has 1 aliphatic rings. The van der Waals surface area contributed by atoms with Crippen molar-refractivity contribution in [2.75, 3.05) is 12.4 Å². The Morgan fingerprint density at radius 3 is 2.89 bits per heavy atom. The number of hydrogen-bond donors (Lipinski definition) is 3. The standard InChI is InChI=1S/C12H15N3O3/c1-18-11(17)12(13,14)6-7-2-3-9-8(4-7)5-10(16)15-9/h2-4H,5-6,13-14H2,1H3,(H,15,16). The van der Waals surface area contributed by atoms with Gasteiger partial charge in [0, 0.05) is 12.1 Å². The van der Waals surface area contributed by atoms with Crippen LogP contribution in [0.5, 0.6) is 0 Å². The minimum Gasteiger partial charge on any atom is -0.467 e. The maximum absolute atomic E-state index is 11.4. The molecule has 2 rings (SSSR count). The summed E-state index contributed by atoms with van der Waals surface area (Å²) in [5.41, 5.74) is 12.3. The molecule has 1 aliphatic heterocycles. The summed E-state index contributed by atoms with van der Waals surface area (Å²) < 4.78 is 4.54. The molecular formula is C12H15N3O3. The highest BCUT2D eigenvalue weighted by atomic mass is 16.5. The number of nitrogens with one attached hydrogen (secondary N) is 1. The average Bonchev–Trinajstić information content (AvgIpc) is 2.66. The number of amides is 1. The zero-order chi connectivity index (χ0) is 13.3. The van der Waals surface area contributed by atoms with E-state index in [4.69, 9.17) is 11.5 Å². The molecule has 1 heterocycles. The van der Waals surface area contributed by atoms with Crippen molar-refractivity contribution in [1.82, 2.24) is 0 Å². The zero-order valence-electron chi connectivity index (χ0n) is 10.0. The quantitative estimate of drug-likeness (QED) is 0.495. The summed E-state index contributed by atoms with van der Waals surface area (Å²) in [6.07, 6.45) is 0.491. The Balaban J connectivity index is 2.19. The summed E-state index contributed by atoms with van der Waals surface area (Å²) in [6, 6.07) is 5.38. The van der Waals surface area contributed by atoms with Crippen molar-refractivity contribution >= 4 is 17.6 Å². The second-order valence-corrected chi connectivity index (χ2v) is 4.43. The molecule has 0 radical (unpaired) electrons. The van der Waals surface area contributed by atoms with E-state index in [1.54, 1.807) is 12.1 Å². The van der Waals surface area contributed by atoms with Crippen LogP contribution in [0.4, 0.5) is 5.69 Å². The molecule has 6 heteroatoms. The number of rotatable bonds is 3. The van der Waals surface area contributed by atoms with Crippen LogP contribution in [-0.2, 0) is 27.2 Å². The number of hydrogen-bond acceptors (Lipinski definition) is 5. The van der Waals surface area contributed by atoms with Gasteiger partial charge in [0.15, 0.2) is 5.66 Å². The van der Waals surface area contributed by atoms with Crippen molar-refractivity contribution in [3.63, 3.8) is 0 Å². The van der Waals surface area contributed by atoms with E-state index in [-0.39, 0.29) is 12.3 Å². The van der Waals surface area contributed by atoms with Crippen LogP contribution in [0.15, 0.2) is 18.2 Å². The summed E-state index contributed by atoms with van der Waals surface area (Å²) in [4.78, 5) is 22.6. The third-order valence-corrected chi connectivity index (χ3v) is 2.86. The van der Waals surface area contributed by atoms with E-state index in [0.29, 0.717) is 6.42 Å². The minimum atomic E-state index is -1.56. The number of nitrogens with two attached hydrogens (primary N) is 2. The van der Waals surface area contributed by atoms with Crippen molar-refractivity contribution in [2.45, 2.75) is 18.5 Å². The molecule has 1 aromatic rings. The van der Waals surface area contributed by atoms with Crippen molar-refractivity contribution < 1.29 is 14.3 Å². The molecule has 0 unspecified atom stereocenters. The molecule has 5 N–H and O–H groups in total. The summed E-state index contributed by atoms with van der Waals surface area (Å²) in [5, 5.41) is 2.73. The van der Waals surface area contributed by atoms with Crippen LogP contribution in [-0.4, -0.2) is 24.6 Å². The van der Waals surface area contributed by atoms with Crippen molar-refractivity contribution in [3.8, 4) is 0 Å². The lowest BCUT2D eigenvalue weighted by Crippen LogP contribution is -2.58. The predicted octanol–water partition coefficient (Wildman–Crippen LogP) is -0.490. The van der Waals surface area contributed by atoms with Crippen LogP contribution in [0.25, 0.3) is 0 Å². The molecule has 0 bridgehead atoms. The Morgan fingerprint density at radius 1 is 1.50 bits per heavy atom. The van der Waals surface area contributed by atoms with Gasteiger partial charge in [0.25, 0.3) is 0 Å². The van der Waals surface area contributed by atoms with E-state index < -0.39 is 11.6 Å². The topological polar surface area (TPSA) is 107 Å². The smallest absolute Gasteiger partial charge is 0.340 e. The molecule has 1 aromatic carbocycles. The van der Waals surface area contributed by atoms with Crippen LogP contribution < -0.4 is 16.8 Å². The molecule has 6 nitrogen and oxygen atoms in total. The number of benzene rings is 1. The van der Waals surface area contributed by atoms with Gasteiger partial charge in [-0.15, -0.1) is 0 Å². The van der Waals surface area contributed by atoms with Gasteiger partial charge in [0.2, 0.25) is 5.91 Å². The van der Waals surface area contributed by atoms with Crippen molar-refractivity contribution in [3.05, 3.63) is 29.3 Å². The van der Waals surface area contributed by atoms with E-state index in [0.717, 1.165) is 16.8 Å². The molecule has 1 amide bonds. The molecule has 18 heavy (non-hydrogen) atoms. The van der Waals surface area contributed by atoms with Gasteiger partial charge in [0.1, 0.15) is 0 Å². The van der Waals surface area contributed by atoms with Crippen molar-refractivity contribution in [1.29, 1.82) is 0 Å². The Hall–Kier alpha value is -1.92. The second-order valence-electron chi connectivity index (χ2n) is 4.43. The van der Waals surface area contributed by atoms with Crippen LogP contribution >= 0.6 is 0 Å². The third kappa shape index (κ3) is 2.34. The van der Waals surface area contributed by atoms with Gasteiger partial charge in [-0.1, -0.05) is 12.1 Å². The molecule has 0 saturated carbocycles. The minimum absolute atomic E-state index is 0.0399. The number of anilines is 1. The number of carbonyl (C=O) groups excluding carboxylic acids is 2. The Bertz CT molecular complexity index is 511. The molecule has 0 saturated heterocycles. The summed E-state index contributed by atoms with van der Waals surface area (Å²) in [7, 11) is 1.24. The Morgan fingerprint density at radius 2 is 2.22 bits per heavy atom. The van der Waals surface area contributed by atoms with Crippen LogP contribution in [0.2, 0.25) is 0 Å². The molecule has 0 aromatic heterocycles. The molecule has 0 aliphatic carbocycles. The fraction of sp³-hybridized carbons (Fsp3) is 0.333. The highest BCUT2D eigenvalue weighted by Crippen LogP contribution is 2.24. The van der Waals surface area contributed by atoms with E-state index in [1.165, 1.54) is 7.11 Å². The van der Waals surface area contributed by atoms with Gasteiger partial charge in [-0.25, -0.2) is 4.79 Å². The molecule has 0 atom stereocenters. The molecule has 0 spiro atoms. The number of methoxy groups -OCH3 is 1. The van der Waals surface area contributed by atoms with Crippen LogP contribution in [0.3, 0.4) is 0 Å².